The fourth-order valence-corrected chi connectivity index (χ4v) is 4.72. The van der Waals surface area contributed by atoms with Crippen LogP contribution in [0.2, 0.25) is 0 Å². The van der Waals surface area contributed by atoms with Gasteiger partial charge in [0.1, 0.15) is 11.5 Å². The van der Waals surface area contributed by atoms with E-state index in [1.54, 1.807) is 24.3 Å². The Balaban J connectivity index is 1.37. The van der Waals surface area contributed by atoms with Crippen molar-refractivity contribution in [2.75, 3.05) is 4.90 Å². The Morgan fingerprint density at radius 2 is 1.31 bits per heavy atom. The zero-order valence-corrected chi connectivity index (χ0v) is 15.4. The van der Waals surface area contributed by atoms with Gasteiger partial charge in [0, 0.05) is 4.47 Å². The minimum absolute atomic E-state index is 0.0570. The summed E-state index contributed by atoms with van der Waals surface area (Å²) in [5.74, 6) is 1.39. The van der Waals surface area contributed by atoms with Gasteiger partial charge in [-0.3, -0.25) is 14.5 Å². The molecule has 0 radical (unpaired) electrons. The minimum atomic E-state index is -0.170. The normalized spacial score (nSPS) is 28.7. The van der Waals surface area contributed by atoms with Gasteiger partial charge in [-0.25, -0.2) is 0 Å². The van der Waals surface area contributed by atoms with Gasteiger partial charge in [-0.1, -0.05) is 28.1 Å². The van der Waals surface area contributed by atoms with E-state index >= 15 is 0 Å². The first kappa shape index (κ1) is 15.8. The molecular formula is C21H16BrNO3. The Kier molecular flexibility index (Phi) is 3.54. The van der Waals surface area contributed by atoms with Crippen LogP contribution in [0.25, 0.3) is 0 Å². The van der Waals surface area contributed by atoms with Gasteiger partial charge in [-0.2, -0.15) is 0 Å². The average Bonchev–Trinajstić information content (AvgIpc) is 3.32. The Bertz CT molecular complexity index is 889. The first-order valence-electron chi connectivity index (χ1n) is 8.71. The van der Waals surface area contributed by atoms with E-state index in [1.165, 1.54) is 4.90 Å². The molecule has 2 aromatic rings. The number of rotatable bonds is 3. The Labute approximate surface area is 159 Å². The number of imide groups is 1. The average molecular weight is 410 g/mol. The minimum Gasteiger partial charge on any atom is -0.457 e. The number of halogens is 1. The molecule has 1 aliphatic heterocycles. The van der Waals surface area contributed by atoms with Crippen molar-refractivity contribution in [3.63, 3.8) is 0 Å². The van der Waals surface area contributed by atoms with Crippen molar-refractivity contribution >= 4 is 33.4 Å². The lowest BCUT2D eigenvalue weighted by Gasteiger charge is -2.17. The second-order valence-electron chi connectivity index (χ2n) is 7.06. The number of carbonyl (C=O) groups is 2. The SMILES string of the molecule is O=C1[C@@H]2[C@H](C(=O)N1c1ccc(Oc3ccc(Br)cc3)cc1)[C@H]1C=C[C@H]2C1. The van der Waals surface area contributed by atoms with Crippen LogP contribution in [-0.2, 0) is 9.59 Å². The fourth-order valence-electron chi connectivity index (χ4n) is 4.46. The highest BCUT2D eigenvalue weighted by molar-refractivity contribution is 9.10. The van der Waals surface area contributed by atoms with Crippen LogP contribution in [-0.4, -0.2) is 11.8 Å². The lowest BCUT2D eigenvalue weighted by atomic mass is 9.85. The number of hydrogen-bond donors (Lipinski definition) is 0. The summed E-state index contributed by atoms with van der Waals surface area (Å²) in [6, 6.07) is 14.7. The van der Waals surface area contributed by atoms with Gasteiger partial charge in [0.05, 0.1) is 17.5 Å². The van der Waals surface area contributed by atoms with Crippen LogP contribution in [0, 0.1) is 23.7 Å². The molecule has 0 N–H and O–H groups in total. The van der Waals surface area contributed by atoms with Crippen molar-refractivity contribution in [1.82, 2.24) is 0 Å². The van der Waals surface area contributed by atoms with Crippen molar-refractivity contribution in [3.05, 3.63) is 65.2 Å². The molecule has 4 nitrogen and oxygen atoms in total. The highest BCUT2D eigenvalue weighted by Crippen LogP contribution is 2.53. The van der Waals surface area contributed by atoms with Crippen LogP contribution >= 0.6 is 15.9 Å². The van der Waals surface area contributed by atoms with Crippen molar-refractivity contribution in [1.29, 1.82) is 0 Å². The van der Waals surface area contributed by atoms with Gasteiger partial charge in [-0.05, 0) is 66.8 Å². The van der Waals surface area contributed by atoms with E-state index in [9.17, 15) is 9.59 Å². The van der Waals surface area contributed by atoms with Crippen LogP contribution in [0.15, 0.2) is 65.2 Å². The van der Waals surface area contributed by atoms with Crippen LogP contribution in [0.5, 0.6) is 11.5 Å². The molecule has 2 fully saturated rings. The highest BCUT2D eigenvalue weighted by atomic mass is 79.9. The predicted molar refractivity (Wildman–Crippen MR) is 101 cm³/mol. The Hall–Kier alpha value is -2.40. The summed E-state index contributed by atoms with van der Waals surface area (Å²) in [6.45, 7) is 0. The van der Waals surface area contributed by atoms with Crippen molar-refractivity contribution in [3.8, 4) is 11.5 Å². The third kappa shape index (κ3) is 2.34. The predicted octanol–water partition coefficient (Wildman–Crippen LogP) is 4.55. The van der Waals surface area contributed by atoms with E-state index in [4.69, 9.17) is 4.74 Å². The zero-order valence-electron chi connectivity index (χ0n) is 13.8. The van der Waals surface area contributed by atoms with E-state index in [0.29, 0.717) is 11.4 Å². The highest BCUT2D eigenvalue weighted by Gasteiger charge is 2.59. The van der Waals surface area contributed by atoms with Gasteiger partial charge in [0.25, 0.3) is 0 Å². The molecule has 1 heterocycles. The van der Waals surface area contributed by atoms with Gasteiger partial charge in [0.2, 0.25) is 11.8 Å². The summed E-state index contributed by atoms with van der Waals surface area (Å²) in [6.07, 6.45) is 5.16. The third-order valence-corrected chi connectivity index (χ3v) is 6.14. The zero-order chi connectivity index (χ0) is 17.8. The monoisotopic (exact) mass is 409 g/mol. The number of anilines is 1. The largest absolute Gasteiger partial charge is 0.457 e. The summed E-state index contributed by atoms with van der Waals surface area (Å²) in [7, 11) is 0. The Morgan fingerprint density at radius 3 is 1.85 bits per heavy atom. The number of carbonyl (C=O) groups excluding carboxylic acids is 2. The number of ether oxygens (including phenoxy) is 1. The van der Waals surface area contributed by atoms with Crippen LogP contribution in [0.4, 0.5) is 5.69 Å². The maximum absolute atomic E-state index is 12.8. The molecule has 0 unspecified atom stereocenters. The van der Waals surface area contributed by atoms with Crippen molar-refractivity contribution in [2.45, 2.75) is 6.42 Å². The first-order valence-corrected chi connectivity index (χ1v) is 9.51. The Morgan fingerprint density at radius 1 is 0.808 bits per heavy atom. The topological polar surface area (TPSA) is 46.6 Å². The molecule has 130 valence electrons. The molecule has 0 aromatic heterocycles. The molecule has 1 saturated carbocycles. The first-order chi connectivity index (χ1) is 12.6. The van der Waals surface area contributed by atoms with Crippen molar-refractivity contribution in [2.24, 2.45) is 23.7 Å². The number of allylic oxidation sites excluding steroid dienone is 2. The van der Waals surface area contributed by atoms with E-state index in [0.717, 1.165) is 16.6 Å². The van der Waals surface area contributed by atoms with E-state index in [-0.39, 0.29) is 35.5 Å². The number of nitrogens with zero attached hydrogens (tertiary/aromatic N) is 1. The standard InChI is InChI=1S/C21H16BrNO3/c22-14-3-7-16(8-4-14)26-17-9-5-15(6-10-17)23-20(24)18-12-1-2-13(11-12)19(18)21(23)25/h1-10,12-13,18-19H,11H2/t12-,13-,18-,19+/m0/s1. The molecule has 5 rings (SSSR count). The lowest BCUT2D eigenvalue weighted by Crippen LogP contribution is -2.32. The summed E-state index contributed by atoms with van der Waals surface area (Å²) in [5.41, 5.74) is 0.622. The second-order valence-corrected chi connectivity index (χ2v) is 7.98. The summed E-state index contributed by atoms with van der Waals surface area (Å²) in [4.78, 5) is 27.0. The van der Waals surface area contributed by atoms with E-state index < -0.39 is 0 Å². The molecule has 4 atom stereocenters. The van der Waals surface area contributed by atoms with Gasteiger partial charge < -0.3 is 4.74 Å². The number of amides is 2. The van der Waals surface area contributed by atoms with E-state index in [2.05, 4.69) is 28.1 Å². The van der Waals surface area contributed by atoms with Crippen molar-refractivity contribution < 1.29 is 14.3 Å². The number of benzene rings is 2. The summed E-state index contributed by atoms with van der Waals surface area (Å²) in [5, 5.41) is 0. The number of fused-ring (bicyclic) bond motifs is 5. The van der Waals surface area contributed by atoms with Crippen LogP contribution in [0.1, 0.15) is 6.42 Å². The van der Waals surface area contributed by atoms with Crippen LogP contribution in [0.3, 0.4) is 0 Å². The quantitative estimate of drug-likeness (QED) is 0.551. The molecule has 26 heavy (non-hydrogen) atoms. The maximum Gasteiger partial charge on any atom is 0.238 e. The van der Waals surface area contributed by atoms with Gasteiger partial charge >= 0.3 is 0 Å². The summed E-state index contributed by atoms with van der Waals surface area (Å²) < 4.78 is 6.79. The summed E-state index contributed by atoms with van der Waals surface area (Å²) >= 11 is 3.39. The molecule has 2 aromatic carbocycles. The number of hydrogen-bond acceptors (Lipinski definition) is 3. The molecule has 5 heteroatoms. The maximum atomic E-state index is 12.8. The molecule has 2 amide bonds. The smallest absolute Gasteiger partial charge is 0.238 e. The van der Waals surface area contributed by atoms with Gasteiger partial charge in [0.15, 0.2) is 0 Å². The lowest BCUT2D eigenvalue weighted by molar-refractivity contribution is -0.123. The van der Waals surface area contributed by atoms with Gasteiger partial charge in [-0.15, -0.1) is 0 Å². The molecule has 3 aliphatic rings. The molecule has 2 aliphatic carbocycles. The molecule has 0 spiro atoms. The van der Waals surface area contributed by atoms with Crippen LogP contribution < -0.4 is 9.64 Å². The van der Waals surface area contributed by atoms with E-state index in [1.807, 2.05) is 24.3 Å². The molecular weight excluding hydrogens is 394 g/mol. The molecule has 1 saturated heterocycles. The molecule has 2 bridgehead atoms. The third-order valence-electron chi connectivity index (χ3n) is 5.61. The second kappa shape index (κ2) is 5.81. The fraction of sp³-hybridized carbons (Fsp3) is 0.238.